The van der Waals surface area contributed by atoms with E-state index in [0.717, 1.165) is 76.2 Å². The normalized spacial score (nSPS) is 18.7. The van der Waals surface area contributed by atoms with Crippen LogP contribution < -0.4 is 37.2 Å². The first-order valence-electron chi connectivity index (χ1n) is 48.0. The Labute approximate surface area is 829 Å². The first kappa shape index (κ1) is 110. The number of nitrogens with one attached hydrogen (secondary N) is 5. The third-order valence-corrected chi connectivity index (χ3v) is 26.8. The molecule has 4 aliphatic carbocycles. The van der Waals surface area contributed by atoms with Gasteiger partial charge in [-0.05, 0) is 146 Å². The standard InChI is InChI=1S/C97H134N16O27S2/c1-67(2)85(105-82(114)55-79(113-83(115)22-23-84(113)116)78-58-111(108-107-78)28-30-128-34-35-130-38-39-132-42-43-134-46-47-136-50-51-138-53-52-137-49-48-135-45-44-133-41-40-131-37-36-129-33-32-127-6)89(119)102-77(14-10-25-99-91(98)122)88(118)101-71-18-16-69(17-19-71)59-139-93(123)109(29-54-142(124,125)126)27-31-140-97-63-94(4)60-95(5,64-97)62-96(61-94,65-97)66-112-68(3)74(56-100-112)72-20-21-81(104-86(72)90(120)121)110-26-24-70-11-9-12-73(75(70)57-110)87(117)106-92-103-76-13-7-8-15-80(76)141-92/h7-9,11-13,15-23,56,58,67,77,79,85H,10,14,24-55,57,59-66H2,1-6H3,(H,101,118)(H,102,119)(H,105,114)(H,120,121)(H3,98,99,122)(H,103,106,117)(H,124,125,126)/t77-,79-,85-,94?,95?,96?,97?/m0/s1. The number of carbonyl (C=O) groups is 9. The van der Waals surface area contributed by atoms with Gasteiger partial charge in [0, 0.05) is 86.6 Å². The molecule has 4 bridgehead atoms. The Balaban J connectivity index is 0.557. The van der Waals surface area contributed by atoms with E-state index in [-0.39, 0.29) is 105 Å². The van der Waals surface area contributed by atoms with Crippen LogP contribution in [0.3, 0.4) is 0 Å². The predicted molar refractivity (Wildman–Crippen MR) is 519 cm³/mol. The third-order valence-electron chi connectivity index (χ3n) is 25.1. The van der Waals surface area contributed by atoms with E-state index in [1.165, 1.54) is 39.2 Å². The van der Waals surface area contributed by atoms with Crippen LogP contribution in [0.1, 0.15) is 140 Å². The van der Waals surface area contributed by atoms with E-state index in [0.29, 0.717) is 198 Å². The molecule has 13 rings (SSSR count). The summed E-state index contributed by atoms with van der Waals surface area (Å²) in [5.74, 6) is -6.02. The number of thiazole rings is 1. The van der Waals surface area contributed by atoms with Gasteiger partial charge in [-0.1, -0.05) is 80.6 Å². The zero-order valence-corrected chi connectivity index (χ0v) is 83.1. The third kappa shape index (κ3) is 33.3. The number of carboxylic acid groups (broad SMARTS) is 1. The van der Waals surface area contributed by atoms with Crippen molar-refractivity contribution in [1.82, 2.24) is 60.5 Å². The van der Waals surface area contributed by atoms with Crippen LogP contribution in [-0.2, 0) is 133 Å². The number of urea groups is 1. The van der Waals surface area contributed by atoms with Gasteiger partial charge in [0.1, 0.15) is 30.2 Å². The number of aromatic nitrogens is 7. The summed E-state index contributed by atoms with van der Waals surface area (Å²) >= 11 is 1.39. The van der Waals surface area contributed by atoms with Gasteiger partial charge in [0.2, 0.25) is 17.7 Å². The lowest BCUT2D eigenvalue weighted by molar-refractivity contribution is -0.248. The van der Waals surface area contributed by atoms with Gasteiger partial charge in [-0.3, -0.25) is 48.2 Å². The average molecular weight is 2020 g/mol. The minimum atomic E-state index is -4.56. The number of nitrogens with two attached hydrogens (primary N) is 1. The lowest BCUT2D eigenvalue weighted by Gasteiger charge is -2.69. The van der Waals surface area contributed by atoms with Gasteiger partial charge in [-0.25, -0.2) is 29.0 Å². The number of pyridine rings is 1. The Kier molecular flexibility index (Phi) is 41.8. The van der Waals surface area contributed by atoms with Gasteiger partial charge >= 0.3 is 18.1 Å². The Morgan fingerprint density at radius 2 is 1.24 bits per heavy atom. The number of primary amides is 1. The number of aromatic carboxylic acids is 1. The van der Waals surface area contributed by atoms with Gasteiger partial charge in [0.15, 0.2) is 10.8 Å². The number of anilines is 3. The summed E-state index contributed by atoms with van der Waals surface area (Å²) in [5.41, 5.74) is 9.68. The summed E-state index contributed by atoms with van der Waals surface area (Å²) in [6.45, 7) is 20.2. The molecule has 5 atom stereocenters. The zero-order valence-electron chi connectivity index (χ0n) is 81.5. The quantitative estimate of drug-likeness (QED) is 0.0104. The molecule has 9 amide bonds. The number of rotatable bonds is 66. The van der Waals surface area contributed by atoms with Crippen molar-refractivity contribution >= 4 is 102 Å². The second kappa shape index (κ2) is 54.1. The Morgan fingerprint density at radius 1 is 0.648 bits per heavy atom. The molecule has 4 saturated carbocycles. The lowest BCUT2D eigenvalue weighted by atomic mass is 9.39. The van der Waals surface area contributed by atoms with E-state index >= 15 is 0 Å². The minimum absolute atomic E-state index is 0.00259. The first-order valence-corrected chi connectivity index (χ1v) is 50.4. The van der Waals surface area contributed by atoms with Gasteiger partial charge in [-0.2, -0.15) is 13.5 Å². The predicted octanol–water partition coefficient (Wildman–Crippen LogP) is 7.53. The fourth-order valence-electron chi connectivity index (χ4n) is 19.7. The molecule has 2 aliphatic heterocycles. The molecule has 0 saturated heterocycles. The van der Waals surface area contributed by atoms with Crippen LogP contribution in [0.4, 0.5) is 26.2 Å². The van der Waals surface area contributed by atoms with Crippen LogP contribution in [0.5, 0.6) is 0 Å². The lowest BCUT2D eigenvalue weighted by Crippen LogP contribution is -2.64. The number of methoxy groups -OCH3 is 1. The van der Waals surface area contributed by atoms with Crippen LogP contribution >= 0.6 is 11.3 Å². The second-order valence-corrected chi connectivity index (χ2v) is 39.6. The number of amides is 9. The van der Waals surface area contributed by atoms with Crippen molar-refractivity contribution in [3.63, 3.8) is 0 Å². The van der Waals surface area contributed by atoms with E-state index in [1.807, 2.05) is 59.0 Å². The summed E-state index contributed by atoms with van der Waals surface area (Å²) < 4.78 is 117. The highest BCUT2D eigenvalue weighted by Gasteiger charge is 2.66. The van der Waals surface area contributed by atoms with E-state index in [2.05, 4.69) is 55.7 Å². The SMILES string of the molecule is COCCOCCOCCOCCOCCOCCOCCOCCOCCOCCOCCOCCn1cc([C@H](CC(=O)N[C@H](C(=O)N[C@@H](CCCNC(N)=O)C(=O)Nc2ccc(COC(=O)N(CCOC34CC5(C)CC(C)(CC(Cn6ncc(-c7ccc(N8CCc9cccc(C(=O)Nc%10nc%11ccccc%11s%10)c9C8)nc7C(=O)O)c6C)(C5)C3)C4)CCS(=O)(=O)O)cc2)C(C)C)N2C(=O)C=CC2=O)nn1. The van der Waals surface area contributed by atoms with Gasteiger partial charge in [0.25, 0.3) is 27.8 Å². The van der Waals surface area contributed by atoms with Crippen LogP contribution in [0.25, 0.3) is 21.3 Å². The molecular weight excluding hydrogens is 1890 g/mol. The van der Waals surface area contributed by atoms with Gasteiger partial charge in [0.05, 0.1) is 212 Å². The number of hydrogen-bond acceptors (Lipinski definition) is 32. The fraction of sp³-hybridized carbons (Fsp3) is 0.588. The molecule has 4 fully saturated rings. The van der Waals surface area contributed by atoms with Gasteiger partial charge < -0.3 is 108 Å². The van der Waals surface area contributed by atoms with Crippen molar-refractivity contribution in [2.75, 3.05) is 213 Å². The van der Waals surface area contributed by atoms with Crippen molar-refractivity contribution < 1.29 is 128 Å². The highest BCUT2D eigenvalue weighted by molar-refractivity contribution is 7.85. The second-order valence-electron chi connectivity index (χ2n) is 37.0. The maximum Gasteiger partial charge on any atom is 0.410 e. The van der Waals surface area contributed by atoms with Gasteiger partial charge in [-0.15, -0.1) is 5.10 Å². The Morgan fingerprint density at radius 3 is 1.81 bits per heavy atom. The maximum atomic E-state index is 14.4. The molecule has 6 aliphatic rings. The summed E-state index contributed by atoms with van der Waals surface area (Å²) in [6.07, 6.45) is 9.45. The number of nitrogens with zero attached hydrogens (tertiary/aromatic N) is 10. The maximum absolute atomic E-state index is 14.4. The summed E-state index contributed by atoms with van der Waals surface area (Å²) in [5, 5.41) is 38.3. The average Bonchev–Trinajstić information content (AvgIpc) is 0.968. The van der Waals surface area contributed by atoms with Crippen molar-refractivity contribution in [1.29, 1.82) is 0 Å². The molecule has 7 aromatic rings. The molecule has 9 N–H and O–H groups in total. The molecule has 43 nitrogen and oxygen atoms in total. The fourth-order valence-corrected chi connectivity index (χ4v) is 21.0. The van der Waals surface area contributed by atoms with Crippen molar-refractivity contribution in [3.8, 4) is 11.1 Å². The molecule has 776 valence electrons. The van der Waals surface area contributed by atoms with Crippen LogP contribution in [0.15, 0.2) is 103 Å². The Hall–Kier alpha value is -11.0. The number of ether oxygens (including phenoxy) is 14. The minimum Gasteiger partial charge on any atom is -0.476 e. The summed E-state index contributed by atoms with van der Waals surface area (Å²) in [7, 11) is -2.93. The van der Waals surface area contributed by atoms with E-state index in [9.17, 15) is 61.2 Å². The number of benzene rings is 3. The van der Waals surface area contributed by atoms with Crippen molar-refractivity contribution in [3.05, 3.63) is 143 Å². The Bertz CT molecular complexity index is 5420. The van der Waals surface area contributed by atoms with Crippen LogP contribution in [0, 0.1) is 29.1 Å². The smallest absolute Gasteiger partial charge is 0.410 e. The van der Waals surface area contributed by atoms with Crippen LogP contribution in [0.2, 0.25) is 0 Å². The summed E-state index contributed by atoms with van der Waals surface area (Å²) in [6, 6.07) is 18.5. The van der Waals surface area contributed by atoms with E-state index in [1.54, 1.807) is 51.4 Å². The van der Waals surface area contributed by atoms with Crippen molar-refractivity contribution in [2.24, 2.45) is 27.9 Å². The molecule has 45 heteroatoms. The molecular formula is C97H134N16O27S2. The molecule has 3 aromatic carbocycles. The molecule has 2 unspecified atom stereocenters. The number of imide groups is 1. The highest BCUT2D eigenvalue weighted by Crippen LogP contribution is 2.72. The van der Waals surface area contributed by atoms with E-state index < -0.39 is 106 Å². The number of fused-ring (bicyclic) bond motifs is 2. The number of hydrogen-bond donors (Lipinski definition) is 8. The topological polar surface area (TPSA) is 528 Å². The first-order chi connectivity index (χ1) is 68.4. The van der Waals surface area contributed by atoms with Crippen LogP contribution in [-0.4, -0.2) is 331 Å². The van der Waals surface area contributed by atoms with Crippen molar-refractivity contribution in [2.45, 2.75) is 149 Å². The molecule has 142 heavy (non-hydrogen) atoms. The number of carbonyl (C=O) groups excluding carboxylic acids is 8. The summed E-state index contributed by atoms with van der Waals surface area (Å²) in [4.78, 5) is 135. The zero-order chi connectivity index (χ0) is 101. The number of carboxylic acids is 1. The van der Waals surface area contributed by atoms with E-state index in [4.69, 9.17) is 82.1 Å². The largest absolute Gasteiger partial charge is 0.476 e. The molecule has 0 spiro atoms. The number of para-hydroxylation sites is 1. The monoisotopic (exact) mass is 2020 g/mol. The molecule has 0 radical (unpaired) electrons. The molecule has 6 heterocycles. The molecule has 4 aromatic heterocycles. The highest BCUT2D eigenvalue weighted by atomic mass is 32.2.